The van der Waals surface area contributed by atoms with Gasteiger partial charge in [0.25, 0.3) is 0 Å². The lowest BCUT2D eigenvalue weighted by atomic mass is 10.2. The predicted molar refractivity (Wildman–Crippen MR) is 46.0 cm³/mol. The van der Waals surface area contributed by atoms with Crippen LogP contribution >= 0.6 is 0 Å². The summed E-state index contributed by atoms with van der Waals surface area (Å²) in [5, 5.41) is 2.55. The van der Waals surface area contributed by atoms with Crippen LogP contribution in [-0.4, -0.2) is 11.8 Å². The highest BCUT2D eigenvalue weighted by Gasteiger charge is 2.06. The van der Waals surface area contributed by atoms with E-state index in [0.717, 1.165) is 0 Å². The van der Waals surface area contributed by atoms with E-state index in [1.165, 1.54) is 6.92 Å². The van der Waals surface area contributed by atoms with Crippen LogP contribution < -0.4 is 11.1 Å². The molecule has 4 heteroatoms. The molecule has 0 aromatic heterocycles. The van der Waals surface area contributed by atoms with E-state index in [1.54, 1.807) is 6.92 Å². The Kier molecular flexibility index (Phi) is 4.04. The van der Waals surface area contributed by atoms with Crippen molar-refractivity contribution in [2.45, 2.75) is 27.2 Å². The fourth-order valence-corrected chi connectivity index (χ4v) is 0.809. The van der Waals surface area contributed by atoms with Gasteiger partial charge < -0.3 is 11.1 Å². The first-order valence-corrected chi connectivity index (χ1v) is 3.76. The third-order valence-corrected chi connectivity index (χ3v) is 1.50. The summed E-state index contributed by atoms with van der Waals surface area (Å²) in [6.07, 6.45) is 0.592. The number of allylic oxidation sites excluding steroid dienone is 1. The molecule has 0 aromatic rings. The number of hydrogen-bond acceptors (Lipinski definition) is 2. The van der Waals surface area contributed by atoms with Crippen molar-refractivity contribution in [2.24, 2.45) is 5.73 Å². The number of carbonyl (C=O) groups excluding carboxylic acids is 2. The van der Waals surface area contributed by atoms with Gasteiger partial charge in [0, 0.05) is 18.2 Å². The Hall–Kier alpha value is -1.32. The van der Waals surface area contributed by atoms with Crippen molar-refractivity contribution in [1.29, 1.82) is 0 Å². The summed E-state index contributed by atoms with van der Waals surface area (Å²) < 4.78 is 0. The number of hydrogen-bond donors (Lipinski definition) is 2. The summed E-state index contributed by atoms with van der Waals surface area (Å²) in [7, 11) is 0. The van der Waals surface area contributed by atoms with Crippen LogP contribution in [0, 0.1) is 0 Å². The molecule has 0 fully saturated rings. The van der Waals surface area contributed by atoms with Crippen LogP contribution in [0.2, 0.25) is 0 Å². The molecule has 0 aromatic carbocycles. The predicted octanol–water partition coefficient (Wildman–Crippen LogP) is 0.292. The highest BCUT2D eigenvalue weighted by Crippen LogP contribution is 2.03. The van der Waals surface area contributed by atoms with E-state index in [4.69, 9.17) is 5.73 Å². The van der Waals surface area contributed by atoms with Crippen molar-refractivity contribution < 1.29 is 9.59 Å². The number of rotatable bonds is 3. The Bertz CT molecular complexity index is 231. The van der Waals surface area contributed by atoms with Gasteiger partial charge in [0.2, 0.25) is 11.8 Å². The van der Waals surface area contributed by atoms with E-state index in [2.05, 4.69) is 5.32 Å². The smallest absolute Gasteiger partial charge is 0.246 e. The Morgan fingerprint density at radius 2 is 1.83 bits per heavy atom. The van der Waals surface area contributed by atoms with Crippen molar-refractivity contribution in [3.63, 3.8) is 0 Å². The first-order chi connectivity index (χ1) is 5.49. The SMILES string of the molecule is CC/C(NC(C)=O)=C(\C)C(N)=O. The number of carbonyl (C=O) groups is 2. The maximum Gasteiger partial charge on any atom is 0.246 e. The van der Waals surface area contributed by atoms with E-state index in [1.807, 2.05) is 6.92 Å². The second kappa shape index (κ2) is 4.54. The van der Waals surface area contributed by atoms with Crippen LogP contribution in [0.15, 0.2) is 11.3 Å². The van der Waals surface area contributed by atoms with Gasteiger partial charge >= 0.3 is 0 Å². The van der Waals surface area contributed by atoms with E-state index in [0.29, 0.717) is 17.7 Å². The van der Waals surface area contributed by atoms with Gasteiger partial charge in [-0.15, -0.1) is 0 Å². The van der Waals surface area contributed by atoms with Gasteiger partial charge in [-0.1, -0.05) is 6.92 Å². The van der Waals surface area contributed by atoms with E-state index in [9.17, 15) is 9.59 Å². The average molecular weight is 170 g/mol. The highest BCUT2D eigenvalue weighted by molar-refractivity contribution is 5.92. The minimum atomic E-state index is -0.499. The third kappa shape index (κ3) is 3.18. The van der Waals surface area contributed by atoms with Crippen LogP contribution in [0.25, 0.3) is 0 Å². The zero-order valence-corrected chi connectivity index (χ0v) is 7.60. The van der Waals surface area contributed by atoms with Gasteiger partial charge in [-0.3, -0.25) is 9.59 Å². The van der Waals surface area contributed by atoms with Crippen molar-refractivity contribution in [2.75, 3.05) is 0 Å². The summed E-state index contributed by atoms with van der Waals surface area (Å²) in [4.78, 5) is 21.3. The van der Waals surface area contributed by atoms with Crippen LogP contribution in [0.5, 0.6) is 0 Å². The van der Waals surface area contributed by atoms with Gasteiger partial charge in [0.05, 0.1) is 0 Å². The fourth-order valence-electron chi connectivity index (χ4n) is 0.809. The molecule has 0 rings (SSSR count). The monoisotopic (exact) mass is 170 g/mol. The summed E-state index contributed by atoms with van der Waals surface area (Å²) in [5.74, 6) is -0.687. The number of nitrogens with one attached hydrogen (secondary N) is 1. The minimum Gasteiger partial charge on any atom is -0.366 e. The second-order valence-corrected chi connectivity index (χ2v) is 2.50. The van der Waals surface area contributed by atoms with Crippen molar-refractivity contribution in [3.05, 3.63) is 11.3 Å². The average Bonchev–Trinajstić information content (AvgIpc) is 1.98. The molecule has 3 N–H and O–H groups in total. The Labute approximate surface area is 71.8 Å². The zero-order chi connectivity index (χ0) is 9.72. The molecule has 4 nitrogen and oxygen atoms in total. The molecule has 0 aliphatic rings. The number of primary amides is 1. The Balaban J connectivity index is 4.61. The normalized spacial score (nSPS) is 11.9. The minimum absolute atomic E-state index is 0.188. The molecule has 2 amide bonds. The Morgan fingerprint density at radius 3 is 2.08 bits per heavy atom. The third-order valence-electron chi connectivity index (χ3n) is 1.50. The highest BCUT2D eigenvalue weighted by atomic mass is 16.2. The molecule has 68 valence electrons. The molecule has 0 aliphatic carbocycles. The molecular formula is C8H14N2O2. The van der Waals surface area contributed by atoms with E-state index < -0.39 is 5.91 Å². The molecule has 12 heavy (non-hydrogen) atoms. The van der Waals surface area contributed by atoms with Crippen molar-refractivity contribution in [3.8, 4) is 0 Å². The van der Waals surface area contributed by atoms with Gasteiger partial charge in [-0.25, -0.2) is 0 Å². The lowest BCUT2D eigenvalue weighted by molar-refractivity contribution is -0.118. The molecule has 0 heterocycles. The van der Waals surface area contributed by atoms with Crippen molar-refractivity contribution >= 4 is 11.8 Å². The molecule has 0 spiro atoms. The maximum absolute atomic E-state index is 10.7. The first-order valence-electron chi connectivity index (χ1n) is 3.76. The quantitative estimate of drug-likeness (QED) is 0.597. The van der Waals surface area contributed by atoms with Gasteiger partial charge in [-0.2, -0.15) is 0 Å². The zero-order valence-electron chi connectivity index (χ0n) is 7.60. The lowest BCUT2D eigenvalue weighted by Gasteiger charge is -2.07. The molecule has 0 aliphatic heterocycles. The molecule has 0 saturated heterocycles. The van der Waals surface area contributed by atoms with Crippen LogP contribution in [0.4, 0.5) is 0 Å². The Morgan fingerprint density at radius 1 is 1.33 bits per heavy atom. The van der Waals surface area contributed by atoms with Crippen LogP contribution in [-0.2, 0) is 9.59 Å². The standard InChI is InChI=1S/C8H14N2O2/c1-4-7(10-6(3)11)5(2)8(9)12/h4H2,1-3H3,(H2,9,12)(H,10,11)/b7-5-. The summed E-state index contributed by atoms with van der Waals surface area (Å²) in [6.45, 7) is 4.83. The van der Waals surface area contributed by atoms with E-state index >= 15 is 0 Å². The van der Waals surface area contributed by atoms with Gasteiger partial charge in [0.15, 0.2) is 0 Å². The van der Waals surface area contributed by atoms with Gasteiger partial charge in [0.1, 0.15) is 0 Å². The summed E-state index contributed by atoms with van der Waals surface area (Å²) in [6, 6.07) is 0. The van der Waals surface area contributed by atoms with Crippen LogP contribution in [0.1, 0.15) is 27.2 Å². The number of amides is 2. The topological polar surface area (TPSA) is 72.2 Å². The fraction of sp³-hybridized carbons (Fsp3) is 0.500. The van der Waals surface area contributed by atoms with E-state index in [-0.39, 0.29) is 5.91 Å². The summed E-state index contributed by atoms with van der Waals surface area (Å²) >= 11 is 0. The molecule has 0 radical (unpaired) electrons. The second-order valence-electron chi connectivity index (χ2n) is 2.50. The molecule has 0 bridgehead atoms. The van der Waals surface area contributed by atoms with Crippen molar-refractivity contribution in [1.82, 2.24) is 5.32 Å². The first kappa shape index (κ1) is 10.7. The molecule has 0 unspecified atom stereocenters. The van der Waals surface area contributed by atoms with Crippen LogP contribution in [0.3, 0.4) is 0 Å². The maximum atomic E-state index is 10.7. The van der Waals surface area contributed by atoms with Gasteiger partial charge in [-0.05, 0) is 13.3 Å². The molecule has 0 saturated carbocycles. The molecular weight excluding hydrogens is 156 g/mol. The summed E-state index contributed by atoms with van der Waals surface area (Å²) in [5.41, 5.74) is 6.04. The largest absolute Gasteiger partial charge is 0.366 e. The number of nitrogens with two attached hydrogens (primary N) is 1. The lowest BCUT2D eigenvalue weighted by Crippen LogP contribution is -2.24. The molecule has 0 atom stereocenters.